The minimum Gasteiger partial charge on any atom is -0.841 e. The lowest BCUT2D eigenvalue weighted by molar-refractivity contribution is -0.699. The molecule has 1 heterocycles. The Bertz CT molecular complexity index is 1170. The molecule has 0 aromatic heterocycles. The lowest BCUT2D eigenvalue weighted by atomic mass is 9.63. The predicted octanol–water partition coefficient (Wildman–Crippen LogP) is 4.91. The largest absolute Gasteiger partial charge is 0.841 e. The number of aliphatic hydroxyl groups is 1. The van der Waals surface area contributed by atoms with Gasteiger partial charge in [0.15, 0.2) is 0 Å². The summed E-state index contributed by atoms with van der Waals surface area (Å²) in [5, 5.41) is 27.4. The molecule has 6 rings (SSSR count). The van der Waals surface area contributed by atoms with Gasteiger partial charge in [0.25, 0.3) is 0 Å². The Hall–Kier alpha value is -1.30. The van der Waals surface area contributed by atoms with Gasteiger partial charge in [-0.2, -0.15) is 0 Å². The maximum Gasteiger partial charge on any atom is 0.137 e. The van der Waals surface area contributed by atoms with E-state index < -0.39 is 23.9 Å². The highest BCUT2D eigenvalue weighted by Crippen LogP contribution is 2.55. The van der Waals surface area contributed by atoms with Gasteiger partial charge in [-0.05, 0) is 130 Å². The molecule has 1 aliphatic heterocycles. The fraction of sp³-hybridized carbons (Fsp3) is 0.905. The van der Waals surface area contributed by atoms with Crippen LogP contribution in [-0.4, -0.2) is 54.8 Å². The first kappa shape index (κ1) is 37.5. The van der Waals surface area contributed by atoms with Gasteiger partial charge >= 0.3 is 0 Å². The summed E-state index contributed by atoms with van der Waals surface area (Å²) < 4.78 is 5.72. The Kier molecular flexibility index (Phi) is 13.0. The van der Waals surface area contributed by atoms with Gasteiger partial charge in [-0.1, -0.05) is 57.3 Å². The fourth-order valence-corrected chi connectivity index (χ4v) is 12.4. The minimum absolute atomic E-state index is 0.136. The molecule has 5 N–H and O–H groups in total. The molecule has 12 atom stereocenters. The highest BCUT2D eigenvalue weighted by molar-refractivity contribution is 6.05. The molecule has 7 heteroatoms. The highest BCUT2D eigenvalue weighted by Gasteiger charge is 2.48. The monoisotopic (exact) mass is 681 g/mol. The Morgan fingerprint density at radius 2 is 1.69 bits per heavy atom. The fourth-order valence-electron chi connectivity index (χ4n) is 12.4. The first-order chi connectivity index (χ1) is 23.7. The van der Waals surface area contributed by atoms with Crippen molar-refractivity contribution in [3.05, 3.63) is 0 Å². The van der Waals surface area contributed by atoms with Crippen molar-refractivity contribution in [2.75, 3.05) is 13.7 Å². The van der Waals surface area contributed by atoms with E-state index in [0.717, 1.165) is 51.5 Å². The first-order valence-corrected chi connectivity index (χ1v) is 20.7. The van der Waals surface area contributed by atoms with Crippen molar-refractivity contribution in [1.82, 2.24) is 0 Å². The molecule has 12 unspecified atom stereocenters. The third-order valence-corrected chi connectivity index (χ3v) is 14.9. The van der Waals surface area contributed by atoms with Crippen molar-refractivity contribution in [3.8, 4) is 11.8 Å². The van der Waals surface area contributed by atoms with Crippen molar-refractivity contribution in [3.63, 3.8) is 0 Å². The predicted molar refractivity (Wildman–Crippen MR) is 190 cm³/mol. The zero-order valence-electron chi connectivity index (χ0n) is 30.8. The topological polar surface area (TPSA) is 129 Å². The molecule has 0 aromatic carbocycles. The Morgan fingerprint density at radius 3 is 2.41 bits per heavy atom. The van der Waals surface area contributed by atoms with Crippen LogP contribution in [0.1, 0.15) is 142 Å². The maximum atomic E-state index is 14.5. The molecule has 4 saturated carbocycles. The number of nitrogens with two attached hydrogens (primary N) is 2. The van der Waals surface area contributed by atoms with E-state index in [2.05, 4.69) is 24.1 Å². The van der Waals surface area contributed by atoms with Crippen molar-refractivity contribution >= 4 is 11.6 Å². The molecule has 0 spiro atoms. The smallest absolute Gasteiger partial charge is 0.137 e. The van der Waals surface area contributed by atoms with Crippen LogP contribution in [0.25, 0.3) is 0 Å². The highest BCUT2D eigenvalue weighted by atomic mass is 16.5. The molecule has 0 aromatic rings. The van der Waals surface area contributed by atoms with Crippen molar-refractivity contribution < 1.29 is 29.9 Å². The third kappa shape index (κ3) is 8.68. The van der Waals surface area contributed by atoms with Gasteiger partial charge < -0.3 is 29.9 Å². The van der Waals surface area contributed by atoms with E-state index in [9.17, 15) is 19.8 Å². The summed E-state index contributed by atoms with van der Waals surface area (Å²) in [5.41, 5.74) is 6.68. The molecular weight excluding hydrogens is 612 g/mol. The van der Waals surface area contributed by atoms with Crippen LogP contribution in [-0.2, 0) is 14.3 Å². The zero-order valence-corrected chi connectivity index (χ0v) is 30.8. The van der Waals surface area contributed by atoms with Gasteiger partial charge in [0.1, 0.15) is 17.7 Å². The van der Waals surface area contributed by atoms with Crippen LogP contribution in [0.4, 0.5) is 0 Å². The van der Waals surface area contributed by atoms with E-state index in [-0.39, 0.29) is 53.6 Å². The first-order valence-electron chi connectivity index (χ1n) is 20.7. The number of fused-ring (bicyclic) bond motifs is 2. The Morgan fingerprint density at radius 1 is 0.918 bits per heavy atom. The number of carbonyl (C=O) groups excluding carboxylic acids is 2. The van der Waals surface area contributed by atoms with E-state index >= 15 is 0 Å². The number of methoxy groups -OCH3 is 1. The second-order valence-corrected chi connectivity index (χ2v) is 17.9. The standard InChI is InChI=1S/C42H67N2O5/c1-3-16-42(17-7-8-18-42)32-22-28(20-27-15-19-44-39(43)23-27)21-30-11-13-33(29-9-5-4-6-10-29)34-26-37(46)38(49-2)24-31(34)12-14-36(45)41(48)40(47)35(30)25-32/h27-35,37-39,41,44,46H,3-10,12,14-26,43H2,1-2H3/q-1/p+1. The summed E-state index contributed by atoms with van der Waals surface area (Å²) in [6.07, 6.45) is 18.8. The average molecular weight is 681 g/mol. The molecule has 5 aliphatic carbocycles. The quantitative estimate of drug-likeness (QED) is 0.259. The van der Waals surface area contributed by atoms with Crippen LogP contribution in [0.3, 0.4) is 0 Å². The number of ketones is 2. The summed E-state index contributed by atoms with van der Waals surface area (Å²) in [5.74, 6) is 8.63. The molecule has 0 amide bonds. The summed E-state index contributed by atoms with van der Waals surface area (Å²) in [6.45, 7) is 3.37. The molecule has 5 fully saturated rings. The molecule has 1 saturated heterocycles. The van der Waals surface area contributed by atoms with Gasteiger partial charge in [-0.3, -0.25) is 5.73 Å². The van der Waals surface area contributed by atoms with Gasteiger partial charge in [0.2, 0.25) is 0 Å². The number of ether oxygens (including phenoxy) is 1. The summed E-state index contributed by atoms with van der Waals surface area (Å²) in [4.78, 5) is 28.1. The lowest BCUT2D eigenvalue weighted by Gasteiger charge is -2.44. The summed E-state index contributed by atoms with van der Waals surface area (Å²) in [6, 6.07) is 0. The molecule has 276 valence electrons. The van der Waals surface area contributed by atoms with E-state index in [1.165, 1.54) is 57.8 Å². The zero-order chi connectivity index (χ0) is 34.5. The average Bonchev–Trinajstić information content (AvgIpc) is 3.50. The molecule has 7 nitrogen and oxygen atoms in total. The third-order valence-electron chi connectivity index (χ3n) is 14.9. The van der Waals surface area contributed by atoms with Gasteiger partial charge in [0, 0.05) is 37.7 Å². The number of Topliss-reactive ketones (excluding diaryl/α,β-unsaturated/α-hetero) is 2. The van der Waals surface area contributed by atoms with Crippen LogP contribution in [0.2, 0.25) is 0 Å². The number of hydrogen-bond donors (Lipinski definition) is 3. The maximum absolute atomic E-state index is 14.5. The summed E-state index contributed by atoms with van der Waals surface area (Å²) >= 11 is 0. The second-order valence-electron chi connectivity index (χ2n) is 17.9. The van der Waals surface area contributed by atoms with Crippen LogP contribution < -0.4 is 16.2 Å². The number of rotatable bonds is 7. The second kappa shape index (κ2) is 17.0. The molecule has 6 aliphatic rings. The van der Waals surface area contributed by atoms with Crippen molar-refractivity contribution in [2.45, 2.75) is 166 Å². The Labute approximate surface area is 297 Å². The number of piperidine rings is 1. The van der Waals surface area contributed by atoms with E-state index in [0.29, 0.717) is 49.4 Å². The molecule has 0 radical (unpaired) electrons. The number of quaternary nitrogens is 1. The van der Waals surface area contributed by atoms with Gasteiger partial charge in [-0.15, -0.1) is 0 Å². The number of carbonyl (C=O) groups is 2. The van der Waals surface area contributed by atoms with E-state index in [4.69, 9.17) is 10.5 Å². The summed E-state index contributed by atoms with van der Waals surface area (Å²) in [7, 11) is 1.66. The van der Waals surface area contributed by atoms with Crippen LogP contribution in [0.5, 0.6) is 0 Å². The molecule has 0 bridgehead atoms. The molecule has 49 heavy (non-hydrogen) atoms. The molecular formula is C42H68N2O5. The van der Waals surface area contributed by atoms with Crippen LogP contribution in [0.15, 0.2) is 0 Å². The van der Waals surface area contributed by atoms with Crippen LogP contribution >= 0.6 is 0 Å². The number of aliphatic hydroxyl groups excluding tert-OH is 1. The SMILES string of the molecule is CCCC1(C2CC(CC3CC[NH2+]C(N)C3)CC3C#CC(C4CCCCC4)C4CC(O)C(OC)CC4CCC(=O)C([O-])C(=O)C3C2)CCCC1. The van der Waals surface area contributed by atoms with Gasteiger partial charge in [0.05, 0.1) is 18.8 Å². The van der Waals surface area contributed by atoms with E-state index in [1.54, 1.807) is 7.11 Å². The van der Waals surface area contributed by atoms with Gasteiger partial charge in [-0.25, -0.2) is 0 Å². The van der Waals surface area contributed by atoms with Crippen molar-refractivity contribution in [2.24, 2.45) is 64.4 Å². The minimum atomic E-state index is -1.82. The Balaban J connectivity index is 1.40. The van der Waals surface area contributed by atoms with Crippen molar-refractivity contribution in [1.29, 1.82) is 0 Å². The number of hydrogen-bond acceptors (Lipinski definition) is 6. The van der Waals surface area contributed by atoms with Crippen LogP contribution in [0, 0.1) is 70.5 Å². The van der Waals surface area contributed by atoms with E-state index in [1.807, 2.05) is 0 Å². The normalized spacial score (nSPS) is 42.5. The lowest BCUT2D eigenvalue weighted by Crippen LogP contribution is -2.94.